The average Bonchev–Trinajstić information content (AvgIpc) is 3.63. The number of nitrogens with zero attached hydrogens (tertiary/aromatic N) is 2. The lowest BCUT2D eigenvalue weighted by atomic mass is 9.82. The smallest absolute Gasteiger partial charge is 0.306 e. The first-order valence-corrected chi connectivity index (χ1v) is 15.0. The maximum Gasteiger partial charge on any atom is 0.306 e. The summed E-state index contributed by atoms with van der Waals surface area (Å²) in [6.45, 7) is 9.69. The highest BCUT2D eigenvalue weighted by atomic mass is 19.1. The Morgan fingerprint density at radius 3 is 2.48 bits per heavy atom. The van der Waals surface area contributed by atoms with Gasteiger partial charge in [-0.1, -0.05) is 58.0 Å². The van der Waals surface area contributed by atoms with Crippen molar-refractivity contribution in [3.8, 4) is 11.1 Å². The van der Waals surface area contributed by atoms with Gasteiger partial charge in [0.2, 0.25) is 11.8 Å². The summed E-state index contributed by atoms with van der Waals surface area (Å²) in [4.78, 5) is 39.6. The zero-order valence-corrected chi connectivity index (χ0v) is 25.8. The van der Waals surface area contributed by atoms with Crippen molar-refractivity contribution in [2.75, 3.05) is 26.2 Å². The summed E-state index contributed by atoms with van der Waals surface area (Å²) in [7, 11) is 0. The SMILES string of the molecule is CC(CC(=O)NCC(=O)N(CC1CCNC1)C(c1cc(-c2cc(F)ccc2F)cn1Cc1ccccc1)C(C)(C)C)C(=O)O. The number of benzene rings is 2. The molecular formula is C34H42F2N4O4. The van der Waals surface area contributed by atoms with Crippen molar-refractivity contribution in [2.24, 2.45) is 17.3 Å². The average molecular weight is 609 g/mol. The van der Waals surface area contributed by atoms with E-state index in [1.165, 1.54) is 13.0 Å². The predicted molar refractivity (Wildman–Crippen MR) is 165 cm³/mol. The number of halogens is 2. The number of carboxylic acid groups (broad SMARTS) is 1. The zero-order valence-electron chi connectivity index (χ0n) is 25.8. The van der Waals surface area contributed by atoms with Crippen LogP contribution in [0.15, 0.2) is 60.8 Å². The Balaban J connectivity index is 1.77. The van der Waals surface area contributed by atoms with Gasteiger partial charge in [0.25, 0.3) is 0 Å². The lowest BCUT2D eigenvalue weighted by molar-refractivity contribution is -0.143. The molecule has 0 radical (unpaired) electrons. The Morgan fingerprint density at radius 2 is 1.84 bits per heavy atom. The molecule has 236 valence electrons. The van der Waals surface area contributed by atoms with Gasteiger partial charge >= 0.3 is 5.97 Å². The highest BCUT2D eigenvalue weighted by Gasteiger charge is 2.38. The predicted octanol–water partition coefficient (Wildman–Crippen LogP) is 5.23. The van der Waals surface area contributed by atoms with Crippen LogP contribution in [-0.2, 0) is 20.9 Å². The van der Waals surface area contributed by atoms with Gasteiger partial charge in [-0.15, -0.1) is 0 Å². The van der Waals surface area contributed by atoms with Crippen LogP contribution in [0, 0.1) is 28.9 Å². The van der Waals surface area contributed by atoms with Crippen LogP contribution in [0.5, 0.6) is 0 Å². The quantitative estimate of drug-likeness (QED) is 0.261. The molecule has 0 spiro atoms. The van der Waals surface area contributed by atoms with Crippen LogP contribution in [0.3, 0.4) is 0 Å². The number of aromatic nitrogens is 1. The Hall–Kier alpha value is -4.05. The molecule has 4 rings (SSSR count). The van der Waals surface area contributed by atoms with Crippen molar-refractivity contribution in [3.05, 3.63) is 83.7 Å². The maximum atomic E-state index is 15.0. The van der Waals surface area contributed by atoms with Crippen LogP contribution in [-0.4, -0.2) is 58.5 Å². The molecule has 0 aliphatic carbocycles. The molecule has 1 aliphatic heterocycles. The molecule has 1 aromatic heterocycles. The van der Waals surface area contributed by atoms with Gasteiger partial charge in [0.15, 0.2) is 0 Å². The van der Waals surface area contributed by atoms with Crippen molar-refractivity contribution < 1.29 is 28.3 Å². The summed E-state index contributed by atoms with van der Waals surface area (Å²) < 4.78 is 31.3. The number of aliphatic carboxylic acids is 1. The first-order chi connectivity index (χ1) is 20.8. The van der Waals surface area contributed by atoms with E-state index in [1.54, 1.807) is 11.1 Å². The summed E-state index contributed by atoms with van der Waals surface area (Å²) in [6.07, 6.45) is 2.45. The number of carboxylic acids is 1. The molecule has 8 nitrogen and oxygen atoms in total. The van der Waals surface area contributed by atoms with Crippen LogP contribution in [0.4, 0.5) is 8.78 Å². The van der Waals surface area contributed by atoms with E-state index in [-0.39, 0.29) is 30.4 Å². The third-order valence-corrected chi connectivity index (χ3v) is 8.06. The third-order valence-electron chi connectivity index (χ3n) is 8.06. The normalized spacial score (nSPS) is 16.4. The van der Waals surface area contributed by atoms with Crippen LogP contribution in [0.25, 0.3) is 11.1 Å². The minimum Gasteiger partial charge on any atom is -0.481 e. The summed E-state index contributed by atoms with van der Waals surface area (Å²) >= 11 is 0. The molecular weight excluding hydrogens is 566 g/mol. The Kier molecular flexibility index (Phi) is 10.6. The van der Waals surface area contributed by atoms with E-state index >= 15 is 4.39 Å². The summed E-state index contributed by atoms with van der Waals surface area (Å²) in [5, 5.41) is 15.2. The van der Waals surface area contributed by atoms with Gasteiger partial charge in [-0.3, -0.25) is 14.4 Å². The van der Waals surface area contributed by atoms with E-state index in [4.69, 9.17) is 0 Å². The fourth-order valence-electron chi connectivity index (χ4n) is 5.82. The topological polar surface area (TPSA) is 104 Å². The third kappa shape index (κ3) is 8.31. The minimum atomic E-state index is -1.08. The summed E-state index contributed by atoms with van der Waals surface area (Å²) in [5.41, 5.74) is 1.87. The maximum absolute atomic E-state index is 15.0. The fraction of sp³-hybridized carbons (Fsp3) is 0.441. The Morgan fingerprint density at radius 1 is 1.11 bits per heavy atom. The molecule has 44 heavy (non-hydrogen) atoms. The number of hydrogen-bond donors (Lipinski definition) is 3. The molecule has 0 bridgehead atoms. The van der Waals surface area contributed by atoms with Gasteiger partial charge < -0.3 is 25.2 Å². The lowest BCUT2D eigenvalue weighted by Gasteiger charge is -2.42. The zero-order chi connectivity index (χ0) is 32.0. The number of rotatable bonds is 12. The number of amides is 2. The molecule has 2 heterocycles. The molecule has 3 atom stereocenters. The number of hydrogen-bond acceptors (Lipinski definition) is 4. The molecule has 1 saturated heterocycles. The van der Waals surface area contributed by atoms with Crippen molar-refractivity contribution in [2.45, 2.75) is 53.1 Å². The monoisotopic (exact) mass is 608 g/mol. The minimum absolute atomic E-state index is 0.128. The number of carbonyl (C=O) groups is 3. The Bertz CT molecular complexity index is 1460. The highest BCUT2D eigenvalue weighted by molar-refractivity contribution is 5.87. The lowest BCUT2D eigenvalue weighted by Crippen LogP contribution is -2.48. The van der Waals surface area contributed by atoms with Gasteiger partial charge in [-0.25, -0.2) is 8.78 Å². The van der Waals surface area contributed by atoms with Crippen molar-refractivity contribution in [3.63, 3.8) is 0 Å². The molecule has 2 aromatic carbocycles. The van der Waals surface area contributed by atoms with Crippen molar-refractivity contribution >= 4 is 17.8 Å². The van der Waals surface area contributed by atoms with Crippen LogP contribution in [0.1, 0.15) is 57.8 Å². The number of carbonyl (C=O) groups excluding carboxylic acids is 2. The van der Waals surface area contributed by atoms with E-state index in [2.05, 4.69) is 10.6 Å². The molecule has 1 aliphatic rings. The van der Waals surface area contributed by atoms with E-state index in [0.717, 1.165) is 42.9 Å². The van der Waals surface area contributed by atoms with Gasteiger partial charge in [0.1, 0.15) is 11.6 Å². The van der Waals surface area contributed by atoms with Gasteiger partial charge in [-0.05, 0) is 60.7 Å². The molecule has 0 saturated carbocycles. The van der Waals surface area contributed by atoms with Crippen LogP contribution < -0.4 is 10.6 Å². The van der Waals surface area contributed by atoms with Gasteiger partial charge in [0, 0.05) is 42.5 Å². The van der Waals surface area contributed by atoms with Crippen LogP contribution in [0.2, 0.25) is 0 Å². The first kappa shape index (κ1) is 32.9. The molecule has 10 heteroatoms. The number of nitrogens with one attached hydrogen (secondary N) is 2. The first-order valence-electron chi connectivity index (χ1n) is 15.0. The van der Waals surface area contributed by atoms with E-state index in [9.17, 15) is 23.9 Å². The van der Waals surface area contributed by atoms with Crippen molar-refractivity contribution in [1.82, 2.24) is 20.1 Å². The fourth-order valence-corrected chi connectivity index (χ4v) is 5.82. The van der Waals surface area contributed by atoms with Gasteiger partial charge in [-0.2, -0.15) is 0 Å². The second-order valence-electron chi connectivity index (χ2n) is 12.8. The largest absolute Gasteiger partial charge is 0.481 e. The van der Waals surface area contributed by atoms with Gasteiger partial charge in [0.05, 0.1) is 18.5 Å². The second kappa shape index (κ2) is 14.2. The molecule has 2 amide bonds. The van der Waals surface area contributed by atoms with Crippen molar-refractivity contribution in [1.29, 1.82) is 0 Å². The Labute approximate surface area is 257 Å². The highest BCUT2D eigenvalue weighted by Crippen LogP contribution is 2.41. The second-order valence-corrected chi connectivity index (χ2v) is 12.8. The van der Waals surface area contributed by atoms with Crippen LogP contribution >= 0.6 is 0 Å². The summed E-state index contributed by atoms with van der Waals surface area (Å²) in [6, 6.07) is 14.5. The van der Waals surface area contributed by atoms with E-state index < -0.39 is 40.9 Å². The molecule has 3 N–H and O–H groups in total. The molecule has 1 fully saturated rings. The van der Waals surface area contributed by atoms with E-state index in [1.807, 2.05) is 61.7 Å². The molecule has 3 aromatic rings. The standard InChI is InChI=1S/C34H42F2N4O4/c1-22(33(43)44)14-30(41)38-18-31(42)40(20-24-12-13-37-17-24)32(34(2,3)4)29-15-25(27-16-26(35)10-11-28(27)36)21-39(29)19-23-8-6-5-7-9-23/h5-11,15-16,21-22,24,32,37H,12-14,17-20H2,1-4H3,(H,38,41)(H,43,44). The molecule has 3 unspecified atom stereocenters. The van der Waals surface area contributed by atoms with E-state index in [0.29, 0.717) is 18.7 Å². The summed E-state index contributed by atoms with van der Waals surface area (Å²) in [5.74, 6) is -3.70.